The zero-order chi connectivity index (χ0) is 20.2. The molecule has 4 nitrogen and oxygen atoms in total. The van der Waals surface area contributed by atoms with Gasteiger partial charge in [-0.25, -0.2) is 4.79 Å². The van der Waals surface area contributed by atoms with Crippen molar-refractivity contribution in [1.82, 2.24) is 4.90 Å². The maximum atomic E-state index is 13.1. The summed E-state index contributed by atoms with van der Waals surface area (Å²) in [6.45, 7) is 2.44. The van der Waals surface area contributed by atoms with Crippen LogP contribution in [0.15, 0.2) is 54.6 Å². The van der Waals surface area contributed by atoms with Crippen molar-refractivity contribution in [3.05, 3.63) is 60.2 Å². The maximum Gasteiger partial charge on any atom is 0.339 e. The minimum absolute atomic E-state index is 0.0997. The number of benzene rings is 3. The van der Waals surface area contributed by atoms with E-state index in [1.807, 2.05) is 60.4 Å². The molecule has 150 valence electrons. The molecule has 1 amide bonds. The molecule has 3 aromatic carbocycles. The van der Waals surface area contributed by atoms with E-state index in [1.54, 1.807) is 0 Å². The molecule has 0 radical (unpaired) electrons. The van der Waals surface area contributed by atoms with Gasteiger partial charge in [-0.3, -0.25) is 4.79 Å². The van der Waals surface area contributed by atoms with Gasteiger partial charge in [-0.1, -0.05) is 67.8 Å². The van der Waals surface area contributed by atoms with Crippen molar-refractivity contribution in [2.24, 2.45) is 0 Å². The van der Waals surface area contributed by atoms with Crippen LogP contribution in [0.5, 0.6) is 0 Å². The van der Waals surface area contributed by atoms with Gasteiger partial charge >= 0.3 is 5.97 Å². The summed E-state index contributed by atoms with van der Waals surface area (Å²) in [4.78, 5) is 27.7. The van der Waals surface area contributed by atoms with Gasteiger partial charge in [-0.05, 0) is 47.4 Å². The molecule has 0 N–H and O–H groups in total. The standard InChI is InChI=1S/C25H27NO3/c1-2-26(20-12-4-3-5-13-20)23(27)17-29-25(28)24-21-14-8-6-10-18(21)16-19-11-7-9-15-22(19)24/h6-11,14-16,20H,2-5,12-13,17H2,1H3. The molecule has 1 aliphatic rings. The normalized spacial score (nSPS) is 14.8. The van der Waals surface area contributed by atoms with Crippen molar-refractivity contribution in [2.75, 3.05) is 13.2 Å². The van der Waals surface area contributed by atoms with Gasteiger partial charge in [0.25, 0.3) is 5.91 Å². The molecule has 1 saturated carbocycles. The van der Waals surface area contributed by atoms with Crippen molar-refractivity contribution < 1.29 is 14.3 Å². The van der Waals surface area contributed by atoms with Crippen LogP contribution < -0.4 is 0 Å². The third-order valence-corrected chi connectivity index (χ3v) is 5.98. The molecule has 0 saturated heterocycles. The number of nitrogens with zero attached hydrogens (tertiary/aromatic N) is 1. The molecule has 0 unspecified atom stereocenters. The van der Waals surface area contributed by atoms with E-state index < -0.39 is 5.97 Å². The Bertz CT molecular complexity index is 983. The monoisotopic (exact) mass is 389 g/mol. The second kappa shape index (κ2) is 8.64. The third-order valence-electron chi connectivity index (χ3n) is 5.98. The Labute approximate surface area is 171 Å². The summed E-state index contributed by atoms with van der Waals surface area (Å²) in [5.74, 6) is -0.539. The summed E-state index contributed by atoms with van der Waals surface area (Å²) in [5, 5.41) is 3.68. The van der Waals surface area contributed by atoms with Crippen LogP contribution in [0, 0.1) is 0 Å². The van der Waals surface area contributed by atoms with E-state index in [2.05, 4.69) is 6.07 Å². The lowest BCUT2D eigenvalue weighted by atomic mass is 9.94. The SMILES string of the molecule is CCN(C(=O)COC(=O)c1c2ccccc2cc2ccccc12)C1CCCCC1. The molecule has 4 heteroatoms. The van der Waals surface area contributed by atoms with Crippen LogP contribution in [0.25, 0.3) is 21.5 Å². The first-order valence-electron chi connectivity index (χ1n) is 10.6. The van der Waals surface area contributed by atoms with Gasteiger partial charge in [0.1, 0.15) is 0 Å². The minimum atomic E-state index is -0.439. The Morgan fingerprint density at radius 1 is 0.931 bits per heavy atom. The maximum absolute atomic E-state index is 13.1. The quantitative estimate of drug-likeness (QED) is 0.438. The lowest BCUT2D eigenvalue weighted by molar-refractivity contribution is -0.137. The Balaban J connectivity index is 1.58. The van der Waals surface area contributed by atoms with Gasteiger partial charge in [0.15, 0.2) is 6.61 Å². The molecule has 1 fully saturated rings. The highest BCUT2D eigenvalue weighted by Gasteiger charge is 2.25. The Hall–Kier alpha value is -2.88. The highest BCUT2D eigenvalue weighted by atomic mass is 16.5. The lowest BCUT2D eigenvalue weighted by Crippen LogP contribution is -2.43. The van der Waals surface area contributed by atoms with Gasteiger partial charge in [0.2, 0.25) is 0 Å². The first-order valence-corrected chi connectivity index (χ1v) is 10.6. The Morgan fingerprint density at radius 2 is 1.52 bits per heavy atom. The summed E-state index contributed by atoms with van der Waals surface area (Å²) in [5.41, 5.74) is 0.534. The highest BCUT2D eigenvalue weighted by Crippen LogP contribution is 2.29. The van der Waals surface area contributed by atoms with E-state index in [4.69, 9.17) is 4.74 Å². The predicted molar refractivity (Wildman–Crippen MR) is 116 cm³/mol. The van der Waals surface area contributed by atoms with Gasteiger partial charge < -0.3 is 9.64 Å². The molecule has 0 heterocycles. The fraction of sp³-hybridized carbons (Fsp3) is 0.360. The molecule has 29 heavy (non-hydrogen) atoms. The molecular weight excluding hydrogens is 362 g/mol. The molecule has 4 rings (SSSR count). The molecule has 0 aliphatic heterocycles. The summed E-state index contributed by atoms with van der Waals surface area (Å²) in [6.07, 6.45) is 5.65. The molecule has 0 atom stereocenters. The highest BCUT2D eigenvalue weighted by molar-refractivity contribution is 6.16. The zero-order valence-corrected chi connectivity index (χ0v) is 16.9. The summed E-state index contributed by atoms with van der Waals surface area (Å²) >= 11 is 0. The van der Waals surface area contributed by atoms with Crippen LogP contribution in [0.4, 0.5) is 0 Å². The fourth-order valence-corrected chi connectivity index (χ4v) is 4.55. The van der Waals surface area contributed by atoms with Crippen molar-refractivity contribution in [1.29, 1.82) is 0 Å². The number of hydrogen-bond donors (Lipinski definition) is 0. The largest absolute Gasteiger partial charge is 0.452 e. The van der Waals surface area contributed by atoms with E-state index in [-0.39, 0.29) is 18.6 Å². The number of esters is 1. The number of carbonyl (C=O) groups excluding carboxylic acids is 2. The van der Waals surface area contributed by atoms with Crippen molar-refractivity contribution >= 4 is 33.4 Å². The zero-order valence-electron chi connectivity index (χ0n) is 16.9. The fourth-order valence-electron chi connectivity index (χ4n) is 4.55. The number of likely N-dealkylation sites (N-methyl/N-ethyl adjacent to an activating group) is 1. The average molecular weight is 389 g/mol. The lowest BCUT2D eigenvalue weighted by Gasteiger charge is -2.33. The van der Waals surface area contributed by atoms with E-state index in [0.29, 0.717) is 12.1 Å². The van der Waals surface area contributed by atoms with E-state index in [9.17, 15) is 9.59 Å². The van der Waals surface area contributed by atoms with Crippen LogP contribution in [-0.2, 0) is 9.53 Å². The number of hydrogen-bond acceptors (Lipinski definition) is 3. The topological polar surface area (TPSA) is 46.6 Å². The van der Waals surface area contributed by atoms with Crippen LogP contribution in [-0.4, -0.2) is 36.0 Å². The molecule has 1 aliphatic carbocycles. The van der Waals surface area contributed by atoms with Gasteiger partial charge in [-0.2, -0.15) is 0 Å². The number of ether oxygens (including phenoxy) is 1. The molecule has 0 bridgehead atoms. The first-order chi connectivity index (χ1) is 14.2. The molecular formula is C25H27NO3. The Morgan fingerprint density at radius 3 is 2.10 bits per heavy atom. The van der Waals surface area contributed by atoms with E-state index in [1.165, 1.54) is 6.42 Å². The Kier molecular flexibility index (Phi) is 5.79. The van der Waals surface area contributed by atoms with Crippen molar-refractivity contribution in [3.8, 4) is 0 Å². The van der Waals surface area contributed by atoms with Gasteiger partial charge in [-0.15, -0.1) is 0 Å². The van der Waals surface area contributed by atoms with Crippen molar-refractivity contribution in [3.63, 3.8) is 0 Å². The second-order valence-electron chi connectivity index (χ2n) is 7.74. The smallest absolute Gasteiger partial charge is 0.339 e. The predicted octanol–water partition coefficient (Wildman–Crippen LogP) is 5.33. The number of rotatable bonds is 5. The first kappa shape index (κ1) is 19.4. The van der Waals surface area contributed by atoms with Crippen LogP contribution in [0.2, 0.25) is 0 Å². The number of amides is 1. The van der Waals surface area contributed by atoms with Gasteiger partial charge in [0, 0.05) is 12.6 Å². The second-order valence-corrected chi connectivity index (χ2v) is 7.74. The van der Waals surface area contributed by atoms with Crippen LogP contribution >= 0.6 is 0 Å². The third kappa shape index (κ3) is 3.98. The summed E-state index contributed by atoms with van der Waals surface area (Å²) in [6, 6.07) is 17.9. The van der Waals surface area contributed by atoms with E-state index in [0.717, 1.165) is 47.2 Å². The average Bonchev–Trinajstić information content (AvgIpc) is 2.77. The summed E-state index contributed by atoms with van der Waals surface area (Å²) in [7, 11) is 0. The molecule has 3 aromatic rings. The van der Waals surface area contributed by atoms with Crippen LogP contribution in [0.1, 0.15) is 49.4 Å². The number of carbonyl (C=O) groups is 2. The van der Waals surface area contributed by atoms with E-state index >= 15 is 0 Å². The van der Waals surface area contributed by atoms with Gasteiger partial charge in [0.05, 0.1) is 5.56 Å². The molecule has 0 aromatic heterocycles. The van der Waals surface area contributed by atoms with Crippen LogP contribution in [0.3, 0.4) is 0 Å². The summed E-state index contributed by atoms with van der Waals surface area (Å²) < 4.78 is 5.55. The van der Waals surface area contributed by atoms with Crippen molar-refractivity contribution in [2.45, 2.75) is 45.1 Å². The molecule has 0 spiro atoms. The number of fused-ring (bicyclic) bond motifs is 2. The minimum Gasteiger partial charge on any atom is -0.452 e.